The Morgan fingerprint density at radius 3 is 2.88 bits per heavy atom. The quantitative estimate of drug-likeness (QED) is 0.594. The van der Waals surface area contributed by atoms with Crippen LogP contribution in [0.25, 0.3) is 0 Å². The van der Waals surface area contributed by atoms with E-state index in [4.69, 9.17) is 5.11 Å². The van der Waals surface area contributed by atoms with Crippen LogP contribution < -0.4 is 5.32 Å². The summed E-state index contributed by atoms with van der Waals surface area (Å²) < 4.78 is 0. The third kappa shape index (κ3) is 2.48. The highest BCUT2D eigenvalue weighted by atomic mass is 16.4. The summed E-state index contributed by atoms with van der Waals surface area (Å²) in [6, 6.07) is 0. The second-order valence-electron chi connectivity index (χ2n) is 3.24. The van der Waals surface area contributed by atoms with Crippen molar-refractivity contribution in [3.05, 3.63) is 30.1 Å². The van der Waals surface area contributed by atoms with E-state index in [1.165, 1.54) is 12.5 Å². The normalized spacial score (nSPS) is 10.1. The summed E-state index contributed by atoms with van der Waals surface area (Å²) in [5.41, 5.74) is 0.487. The summed E-state index contributed by atoms with van der Waals surface area (Å²) in [5.74, 6) is -1.57. The predicted octanol–water partition coefficient (Wildman–Crippen LogP) is 0.0122. The number of carbonyl (C=O) groups excluding carboxylic acids is 1. The van der Waals surface area contributed by atoms with Gasteiger partial charge in [0.1, 0.15) is 0 Å². The Balaban J connectivity index is 2.03. The van der Waals surface area contributed by atoms with Gasteiger partial charge in [-0.25, -0.2) is 9.78 Å². The number of hydrogen-bond donors (Lipinski definition) is 4. The minimum atomic E-state index is -1.21. The summed E-state index contributed by atoms with van der Waals surface area (Å²) in [6.07, 6.45) is 4.43. The smallest absolute Gasteiger partial charge is 0.358 e. The fourth-order valence-corrected chi connectivity index (χ4v) is 1.29. The van der Waals surface area contributed by atoms with Crippen molar-refractivity contribution in [3.8, 4) is 0 Å². The number of nitrogens with zero attached hydrogens (tertiary/aromatic N) is 2. The highest BCUT2D eigenvalue weighted by molar-refractivity contribution is 5.99. The predicted molar refractivity (Wildman–Crippen MR) is 56.5 cm³/mol. The number of imidazole rings is 1. The summed E-state index contributed by atoms with van der Waals surface area (Å²) in [7, 11) is 0. The van der Waals surface area contributed by atoms with Crippen LogP contribution in [0.3, 0.4) is 0 Å². The molecular weight excluding hydrogens is 226 g/mol. The summed E-state index contributed by atoms with van der Waals surface area (Å²) in [6.45, 7) is 0. The van der Waals surface area contributed by atoms with Crippen molar-refractivity contribution in [2.45, 2.75) is 6.42 Å². The van der Waals surface area contributed by atoms with E-state index < -0.39 is 5.97 Å². The van der Waals surface area contributed by atoms with Crippen molar-refractivity contribution in [1.82, 2.24) is 20.2 Å². The molecule has 0 saturated heterocycles. The molecule has 8 heteroatoms. The van der Waals surface area contributed by atoms with Crippen molar-refractivity contribution in [2.24, 2.45) is 0 Å². The van der Waals surface area contributed by atoms with E-state index in [-0.39, 0.29) is 23.7 Å². The van der Waals surface area contributed by atoms with E-state index in [9.17, 15) is 9.59 Å². The van der Waals surface area contributed by atoms with Gasteiger partial charge in [0.05, 0.1) is 24.1 Å². The Hall–Kier alpha value is -2.64. The Kier molecular flexibility index (Phi) is 2.86. The fraction of sp³-hybridized carbons (Fsp3) is 0.111. The number of hydrogen-bond acceptors (Lipinski definition) is 4. The van der Waals surface area contributed by atoms with Crippen molar-refractivity contribution in [3.63, 3.8) is 0 Å². The third-order valence-corrected chi connectivity index (χ3v) is 2.01. The van der Waals surface area contributed by atoms with Crippen LogP contribution in [-0.2, 0) is 11.2 Å². The van der Waals surface area contributed by atoms with Crippen LogP contribution in [0.2, 0.25) is 0 Å². The van der Waals surface area contributed by atoms with Crippen molar-refractivity contribution >= 4 is 17.6 Å². The number of carboxylic acid groups (broad SMARTS) is 1. The number of aromatic nitrogens is 4. The zero-order chi connectivity index (χ0) is 12.3. The van der Waals surface area contributed by atoms with Crippen molar-refractivity contribution < 1.29 is 14.7 Å². The number of aromatic amines is 2. The number of nitrogens with one attached hydrogen (secondary N) is 3. The molecule has 2 aromatic heterocycles. The number of amides is 1. The lowest BCUT2D eigenvalue weighted by atomic mass is 10.3. The lowest BCUT2D eigenvalue weighted by Crippen LogP contribution is -2.16. The van der Waals surface area contributed by atoms with Gasteiger partial charge in [-0.1, -0.05) is 0 Å². The van der Waals surface area contributed by atoms with Crippen LogP contribution in [0, 0.1) is 0 Å². The van der Waals surface area contributed by atoms with Crippen LogP contribution in [-0.4, -0.2) is 37.1 Å². The summed E-state index contributed by atoms with van der Waals surface area (Å²) in [5, 5.41) is 17.1. The van der Waals surface area contributed by atoms with Crippen LogP contribution in [0.15, 0.2) is 18.7 Å². The first-order valence-electron chi connectivity index (χ1n) is 4.71. The van der Waals surface area contributed by atoms with Gasteiger partial charge in [-0.15, -0.1) is 0 Å². The minimum absolute atomic E-state index is 0.0632. The van der Waals surface area contributed by atoms with E-state index in [0.717, 1.165) is 0 Å². The molecule has 1 amide bonds. The maximum absolute atomic E-state index is 11.6. The number of carboxylic acids is 1. The van der Waals surface area contributed by atoms with Gasteiger partial charge < -0.3 is 15.4 Å². The molecule has 4 N–H and O–H groups in total. The van der Waals surface area contributed by atoms with Gasteiger partial charge in [-0.05, 0) is 0 Å². The van der Waals surface area contributed by atoms with Gasteiger partial charge in [0, 0.05) is 12.4 Å². The maximum atomic E-state index is 11.6. The molecule has 2 rings (SSSR count). The molecule has 8 nitrogen and oxygen atoms in total. The molecule has 0 bridgehead atoms. The Labute approximate surface area is 95.1 Å². The molecule has 0 aliphatic heterocycles. The first-order chi connectivity index (χ1) is 8.16. The highest BCUT2D eigenvalue weighted by Gasteiger charge is 2.15. The topological polar surface area (TPSA) is 124 Å². The van der Waals surface area contributed by atoms with Gasteiger partial charge in [0.2, 0.25) is 5.91 Å². The second-order valence-corrected chi connectivity index (χ2v) is 3.24. The number of H-pyrrole nitrogens is 2. The largest absolute Gasteiger partial charge is 0.476 e. The van der Waals surface area contributed by atoms with Crippen molar-refractivity contribution in [2.75, 3.05) is 5.32 Å². The van der Waals surface area contributed by atoms with E-state index >= 15 is 0 Å². The van der Waals surface area contributed by atoms with Gasteiger partial charge in [-0.3, -0.25) is 9.89 Å². The zero-order valence-electron chi connectivity index (χ0n) is 8.60. The summed E-state index contributed by atoms with van der Waals surface area (Å²) in [4.78, 5) is 28.9. The van der Waals surface area contributed by atoms with Gasteiger partial charge in [0.15, 0.2) is 5.69 Å². The molecule has 0 spiro atoms. The molecule has 0 unspecified atom stereocenters. The fourth-order valence-electron chi connectivity index (χ4n) is 1.29. The molecule has 0 saturated carbocycles. The molecule has 0 radical (unpaired) electrons. The Bertz CT molecular complexity index is 531. The maximum Gasteiger partial charge on any atom is 0.358 e. The van der Waals surface area contributed by atoms with Crippen molar-refractivity contribution in [1.29, 1.82) is 0 Å². The molecule has 88 valence electrons. The number of aromatic carboxylic acids is 1. The third-order valence-electron chi connectivity index (χ3n) is 2.01. The van der Waals surface area contributed by atoms with E-state index in [0.29, 0.717) is 5.69 Å². The van der Waals surface area contributed by atoms with Gasteiger partial charge >= 0.3 is 5.97 Å². The number of carbonyl (C=O) groups is 2. The molecule has 0 aromatic carbocycles. The zero-order valence-corrected chi connectivity index (χ0v) is 8.60. The van der Waals surface area contributed by atoms with E-state index in [1.807, 2.05) is 0 Å². The molecule has 0 atom stereocenters. The first kappa shape index (κ1) is 10.9. The van der Waals surface area contributed by atoms with Crippen LogP contribution >= 0.6 is 0 Å². The van der Waals surface area contributed by atoms with E-state index in [2.05, 4.69) is 25.5 Å². The molecule has 2 aromatic rings. The Morgan fingerprint density at radius 1 is 1.41 bits per heavy atom. The number of anilines is 1. The van der Waals surface area contributed by atoms with Crippen LogP contribution in [0.1, 0.15) is 16.2 Å². The monoisotopic (exact) mass is 235 g/mol. The highest BCUT2D eigenvalue weighted by Crippen LogP contribution is 2.11. The minimum Gasteiger partial charge on any atom is -0.476 e. The summed E-state index contributed by atoms with van der Waals surface area (Å²) >= 11 is 0. The lowest BCUT2D eigenvalue weighted by Gasteiger charge is -2.01. The van der Waals surface area contributed by atoms with Crippen LogP contribution in [0.4, 0.5) is 5.69 Å². The lowest BCUT2D eigenvalue weighted by molar-refractivity contribution is -0.115. The first-order valence-corrected chi connectivity index (χ1v) is 4.71. The molecular formula is C9H9N5O3. The second kappa shape index (κ2) is 4.47. The molecule has 0 aliphatic carbocycles. The average Bonchev–Trinajstić information content (AvgIpc) is 2.88. The number of rotatable bonds is 4. The van der Waals surface area contributed by atoms with E-state index in [1.54, 1.807) is 6.20 Å². The van der Waals surface area contributed by atoms with Crippen LogP contribution in [0.5, 0.6) is 0 Å². The van der Waals surface area contributed by atoms with Gasteiger partial charge in [-0.2, -0.15) is 5.10 Å². The molecule has 17 heavy (non-hydrogen) atoms. The SMILES string of the molecule is O=C(Cc1c[nH]cn1)Nc1c[nH]nc1C(=O)O. The molecule has 0 fully saturated rings. The van der Waals surface area contributed by atoms with Gasteiger partial charge in [0.25, 0.3) is 0 Å². The average molecular weight is 235 g/mol. The molecule has 0 aliphatic rings. The standard InChI is InChI=1S/C9H9N5O3/c15-7(1-5-2-10-4-11-5)13-6-3-12-14-8(6)9(16)17/h2-4H,1H2,(H,10,11)(H,12,14)(H,13,15)(H,16,17). The Morgan fingerprint density at radius 2 is 2.24 bits per heavy atom. The molecule has 2 heterocycles.